The zero-order valence-electron chi connectivity index (χ0n) is 20.7. The molecule has 0 bridgehead atoms. The van der Waals surface area contributed by atoms with E-state index < -0.39 is 0 Å². The SMILES string of the molecule is COC(=O)CC[C@@H](C)[C@H]1CC[C@H]2[C@@H]3[C@H](O)C[C@@H]4C[C@@H](OCCBr)CC[C@]4(C)[C@H]3CC[C@]12C. The molecular weight excluding hydrogens is 468 g/mol. The van der Waals surface area contributed by atoms with Crippen LogP contribution in [0, 0.1) is 46.3 Å². The van der Waals surface area contributed by atoms with Crippen molar-refractivity contribution >= 4 is 21.9 Å². The predicted octanol–water partition coefficient (Wildman–Crippen LogP) is 5.99. The molecule has 32 heavy (non-hydrogen) atoms. The van der Waals surface area contributed by atoms with Gasteiger partial charge in [0.15, 0.2) is 0 Å². The number of esters is 1. The molecule has 4 aliphatic rings. The minimum absolute atomic E-state index is 0.0855. The molecule has 4 saturated carbocycles. The zero-order valence-corrected chi connectivity index (χ0v) is 22.2. The standard InChI is InChI=1S/C27H45BrO4/c1-17(5-8-24(30)31-4)20-6-7-21-25-22(10-12-27(20,21)3)26(2)11-9-19(32-14-13-28)15-18(26)16-23(25)29/h17-23,25,29H,5-16H2,1-4H3/t17-,18+,19+,20-,21+,22+,23-,25+,26+,27-/m1/s1. The van der Waals surface area contributed by atoms with Crippen LogP contribution in [0.1, 0.15) is 85.0 Å². The van der Waals surface area contributed by atoms with E-state index in [1.54, 1.807) is 0 Å². The zero-order chi connectivity index (χ0) is 23.1. The van der Waals surface area contributed by atoms with Crippen molar-refractivity contribution < 1.29 is 19.4 Å². The number of fused-ring (bicyclic) bond motifs is 5. The van der Waals surface area contributed by atoms with Gasteiger partial charge in [0.1, 0.15) is 0 Å². The number of methoxy groups -OCH3 is 1. The fourth-order valence-electron chi connectivity index (χ4n) is 9.17. The molecule has 4 nitrogen and oxygen atoms in total. The number of hydrogen-bond acceptors (Lipinski definition) is 4. The van der Waals surface area contributed by atoms with Crippen molar-refractivity contribution in [2.45, 2.75) is 97.2 Å². The van der Waals surface area contributed by atoms with E-state index in [-0.39, 0.29) is 12.1 Å². The van der Waals surface area contributed by atoms with Crippen molar-refractivity contribution in [3.63, 3.8) is 0 Å². The Bertz CT molecular complexity index is 670. The van der Waals surface area contributed by atoms with Gasteiger partial charge in [-0.05, 0) is 104 Å². The smallest absolute Gasteiger partial charge is 0.305 e. The second kappa shape index (κ2) is 9.85. The maximum absolute atomic E-state index is 11.7. The highest BCUT2D eigenvalue weighted by Crippen LogP contribution is 2.68. The Morgan fingerprint density at radius 2 is 1.81 bits per heavy atom. The second-order valence-corrected chi connectivity index (χ2v) is 12.9. The summed E-state index contributed by atoms with van der Waals surface area (Å²) in [7, 11) is 1.49. The van der Waals surface area contributed by atoms with Crippen LogP contribution in [0.2, 0.25) is 0 Å². The fourth-order valence-corrected chi connectivity index (χ4v) is 9.36. The van der Waals surface area contributed by atoms with Crippen molar-refractivity contribution in [1.82, 2.24) is 0 Å². The van der Waals surface area contributed by atoms with Crippen LogP contribution in [0.5, 0.6) is 0 Å². The highest BCUT2D eigenvalue weighted by atomic mass is 79.9. The summed E-state index contributed by atoms with van der Waals surface area (Å²) in [6.45, 7) is 8.21. The van der Waals surface area contributed by atoms with Gasteiger partial charge in [-0.25, -0.2) is 0 Å². The number of aliphatic hydroxyl groups is 1. The van der Waals surface area contributed by atoms with Crippen LogP contribution in [-0.4, -0.2) is 42.3 Å². The Hall–Kier alpha value is -0.130. The van der Waals surface area contributed by atoms with Crippen molar-refractivity contribution in [1.29, 1.82) is 0 Å². The van der Waals surface area contributed by atoms with Crippen LogP contribution < -0.4 is 0 Å². The Balaban J connectivity index is 1.48. The first-order valence-corrected chi connectivity index (χ1v) is 14.3. The average Bonchev–Trinajstić information content (AvgIpc) is 3.13. The van der Waals surface area contributed by atoms with Crippen molar-refractivity contribution in [2.24, 2.45) is 46.3 Å². The lowest BCUT2D eigenvalue weighted by molar-refractivity contribution is -0.177. The second-order valence-electron chi connectivity index (χ2n) is 12.1. The van der Waals surface area contributed by atoms with Gasteiger partial charge < -0.3 is 14.6 Å². The van der Waals surface area contributed by atoms with E-state index in [1.165, 1.54) is 45.6 Å². The Labute approximate surface area is 203 Å². The largest absolute Gasteiger partial charge is 0.469 e. The first kappa shape index (κ1) is 25.0. The predicted molar refractivity (Wildman–Crippen MR) is 131 cm³/mol. The van der Waals surface area contributed by atoms with E-state index in [2.05, 4.69) is 36.7 Å². The van der Waals surface area contributed by atoms with Gasteiger partial charge >= 0.3 is 5.97 Å². The summed E-state index contributed by atoms with van der Waals surface area (Å²) in [4.78, 5) is 11.7. The molecule has 4 aliphatic carbocycles. The summed E-state index contributed by atoms with van der Waals surface area (Å²) in [5.41, 5.74) is 0.658. The van der Waals surface area contributed by atoms with Gasteiger partial charge in [0.2, 0.25) is 0 Å². The van der Waals surface area contributed by atoms with Gasteiger partial charge in [-0.2, -0.15) is 0 Å². The number of carbonyl (C=O) groups is 1. The lowest BCUT2D eigenvalue weighted by Crippen LogP contribution is -2.58. The molecule has 0 aliphatic heterocycles. The summed E-state index contributed by atoms with van der Waals surface area (Å²) in [6.07, 6.45) is 11.2. The molecule has 0 saturated heterocycles. The van der Waals surface area contributed by atoms with E-state index in [1.807, 2.05) is 0 Å². The van der Waals surface area contributed by atoms with E-state index in [4.69, 9.17) is 9.47 Å². The molecule has 0 amide bonds. The monoisotopic (exact) mass is 512 g/mol. The molecule has 4 fully saturated rings. The maximum Gasteiger partial charge on any atom is 0.305 e. The number of halogens is 1. The number of ether oxygens (including phenoxy) is 2. The van der Waals surface area contributed by atoms with Crippen LogP contribution in [0.4, 0.5) is 0 Å². The van der Waals surface area contributed by atoms with Crippen LogP contribution in [0.25, 0.3) is 0 Å². The van der Waals surface area contributed by atoms with E-state index in [0.717, 1.165) is 31.2 Å². The van der Waals surface area contributed by atoms with Crippen molar-refractivity contribution in [2.75, 3.05) is 19.0 Å². The number of aliphatic hydroxyl groups excluding tert-OH is 1. The molecule has 0 spiro atoms. The lowest BCUT2D eigenvalue weighted by Gasteiger charge is -2.62. The normalized spacial score (nSPS) is 46.6. The topological polar surface area (TPSA) is 55.8 Å². The number of carbonyl (C=O) groups excluding carboxylic acids is 1. The minimum Gasteiger partial charge on any atom is -0.469 e. The minimum atomic E-state index is -0.165. The van der Waals surface area contributed by atoms with E-state index in [0.29, 0.717) is 58.9 Å². The van der Waals surface area contributed by atoms with Crippen molar-refractivity contribution in [3.05, 3.63) is 0 Å². The van der Waals surface area contributed by atoms with Gasteiger partial charge in [-0.15, -0.1) is 0 Å². The Kier molecular flexibility index (Phi) is 7.69. The van der Waals surface area contributed by atoms with Crippen molar-refractivity contribution in [3.8, 4) is 0 Å². The van der Waals surface area contributed by atoms with Crippen LogP contribution in [0.3, 0.4) is 0 Å². The first-order chi connectivity index (χ1) is 15.2. The lowest BCUT2D eigenvalue weighted by atomic mass is 9.43. The third-order valence-electron chi connectivity index (χ3n) is 10.9. The number of alkyl halides is 1. The fraction of sp³-hybridized carbons (Fsp3) is 0.963. The molecule has 0 aromatic carbocycles. The third kappa shape index (κ3) is 4.33. The maximum atomic E-state index is 11.7. The molecule has 0 radical (unpaired) electrons. The number of hydrogen-bond donors (Lipinski definition) is 1. The molecule has 0 aromatic rings. The summed E-state index contributed by atoms with van der Waals surface area (Å²) >= 11 is 3.49. The van der Waals surface area contributed by atoms with Gasteiger partial charge in [0.25, 0.3) is 0 Å². The molecular formula is C27H45BrO4. The Morgan fingerprint density at radius 1 is 1.09 bits per heavy atom. The molecule has 0 unspecified atom stereocenters. The summed E-state index contributed by atoms with van der Waals surface area (Å²) in [6, 6.07) is 0. The molecule has 1 N–H and O–H groups in total. The first-order valence-electron chi connectivity index (χ1n) is 13.2. The quantitative estimate of drug-likeness (QED) is 0.336. The molecule has 4 rings (SSSR count). The summed E-state index contributed by atoms with van der Waals surface area (Å²) in [5, 5.41) is 12.4. The van der Waals surface area contributed by atoms with Crippen LogP contribution in [-0.2, 0) is 14.3 Å². The van der Waals surface area contributed by atoms with E-state index >= 15 is 0 Å². The van der Waals surface area contributed by atoms with Gasteiger partial charge in [0.05, 0.1) is 25.9 Å². The number of rotatable bonds is 7. The molecule has 184 valence electrons. The Morgan fingerprint density at radius 3 is 2.53 bits per heavy atom. The average molecular weight is 514 g/mol. The molecule has 10 atom stereocenters. The van der Waals surface area contributed by atoms with Crippen LogP contribution >= 0.6 is 15.9 Å². The van der Waals surface area contributed by atoms with Gasteiger partial charge in [-0.3, -0.25) is 4.79 Å². The highest BCUT2D eigenvalue weighted by molar-refractivity contribution is 9.09. The summed E-state index contributed by atoms with van der Waals surface area (Å²) in [5.74, 6) is 3.42. The van der Waals surface area contributed by atoms with Gasteiger partial charge in [-0.1, -0.05) is 36.7 Å². The van der Waals surface area contributed by atoms with Crippen LogP contribution in [0.15, 0.2) is 0 Å². The van der Waals surface area contributed by atoms with Gasteiger partial charge in [0, 0.05) is 11.8 Å². The van der Waals surface area contributed by atoms with E-state index in [9.17, 15) is 9.90 Å². The molecule has 0 heterocycles. The highest BCUT2D eigenvalue weighted by Gasteiger charge is 2.62. The molecule has 5 heteroatoms. The summed E-state index contributed by atoms with van der Waals surface area (Å²) < 4.78 is 11.0. The third-order valence-corrected chi connectivity index (χ3v) is 11.2. The molecule has 0 aromatic heterocycles.